The molecule has 1 rings (SSSR count). The summed E-state index contributed by atoms with van der Waals surface area (Å²) in [6, 6.07) is 0.467. The zero-order chi connectivity index (χ0) is 29.0. The molecule has 0 bridgehead atoms. The molecule has 0 radical (unpaired) electrons. The van der Waals surface area contributed by atoms with Gasteiger partial charge in [-0.2, -0.15) is 0 Å². The Morgan fingerprint density at radius 1 is 0.895 bits per heavy atom. The van der Waals surface area contributed by atoms with E-state index in [0.29, 0.717) is 12.0 Å². The standard InChI is InChI=1S/C24H35N5O9/c1-3-12(2)20(23(36)27-16(24(37)38)8-9-19(32)33)29-22(35)17(10-13-4-6-14(30)7-5-13)28-21(34)15(25)11-18(26)31/h4-7,12,15-17,20,30H,3,8-11,25H2,1-2H3,(H2,26,31)(H,27,36)(H,28,34)(H,29,35)(H,32,33)(H,37,38). The maximum absolute atomic E-state index is 13.3. The number of nitrogens with one attached hydrogen (secondary N) is 3. The average molecular weight is 538 g/mol. The number of rotatable bonds is 16. The number of hydrogen-bond acceptors (Lipinski definition) is 8. The summed E-state index contributed by atoms with van der Waals surface area (Å²) in [6.07, 6.45) is -1.00. The maximum atomic E-state index is 13.3. The summed E-state index contributed by atoms with van der Waals surface area (Å²) in [4.78, 5) is 72.3. The van der Waals surface area contributed by atoms with Crippen LogP contribution in [-0.2, 0) is 35.2 Å². The van der Waals surface area contributed by atoms with E-state index in [2.05, 4.69) is 16.0 Å². The number of carboxylic acid groups (broad SMARTS) is 2. The fourth-order valence-corrected chi connectivity index (χ4v) is 3.41. The van der Waals surface area contributed by atoms with Gasteiger partial charge in [0.1, 0.15) is 23.9 Å². The van der Waals surface area contributed by atoms with Crippen LogP contribution in [0.4, 0.5) is 0 Å². The van der Waals surface area contributed by atoms with Gasteiger partial charge in [-0.1, -0.05) is 32.4 Å². The van der Waals surface area contributed by atoms with Gasteiger partial charge in [0.25, 0.3) is 0 Å². The summed E-state index contributed by atoms with van der Waals surface area (Å²) in [5, 5.41) is 35.0. The molecule has 210 valence electrons. The Morgan fingerprint density at radius 3 is 1.97 bits per heavy atom. The van der Waals surface area contributed by atoms with Crippen LogP contribution in [-0.4, -0.2) is 75.1 Å². The monoisotopic (exact) mass is 537 g/mol. The lowest BCUT2D eigenvalue weighted by atomic mass is 9.96. The number of phenolic OH excluding ortho intramolecular Hbond substituents is 1. The fourth-order valence-electron chi connectivity index (χ4n) is 3.41. The van der Waals surface area contributed by atoms with Crippen LogP contribution in [0.2, 0.25) is 0 Å². The van der Waals surface area contributed by atoms with Crippen molar-refractivity contribution in [2.75, 3.05) is 0 Å². The fraction of sp³-hybridized carbons (Fsp3) is 0.500. The van der Waals surface area contributed by atoms with Crippen LogP contribution in [0.5, 0.6) is 5.75 Å². The van der Waals surface area contributed by atoms with Crippen molar-refractivity contribution in [3.63, 3.8) is 0 Å². The van der Waals surface area contributed by atoms with E-state index in [1.807, 2.05) is 0 Å². The Kier molecular flexibility index (Phi) is 12.7. The number of carbonyl (C=O) groups is 6. The van der Waals surface area contributed by atoms with Gasteiger partial charge >= 0.3 is 11.9 Å². The van der Waals surface area contributed by atoms with Crippen molar-refractivity contribution in [3.8, 4) is 5.75 Å². The Hall–Kier alpha value is -4.20. The van der Waals surface area contributed by atoms with Gasteiger partial charge in [0.15, 0.2) is 0 Å². The number of aromatic hydroxyl groups is 1. The number of nitrogens with two attached hydrogens (primary N) is 2. The number of primary amides is 1. The minimum absolute atomic E-state index is 0.0216. The maximum Gasteiger partial charge on any atom is 0.326 e. The zero-order valence-electron chi connectivity index (χ0n) is 21.2. The number of hydrogen-bond donors (Lipinski definition) is 8. The highest BCUT2D eigenvalue weighted by Gasteiger charge is 2.33. The number of amides is 4. The predicted octanol–water partition coefficient (Wildman–Crippen LogP) is -1.41. The van der Waals surface area contributed by atoms with Crippen molar-refractivity contribution in [3.05, 3.63) is 29.8 Å². The van der Waals surface area contributed by atoms with Gasteiger partial charge in [0.2, 0.25) is 23.6 Å². The molecule has 0 heterocycles. The van der Waals surface area contributed by atoms with Crippen LogP contribution in [0, 0.1) is 5.92 Å². The first-order valence-electron chi connectivity index (χ1n) is 11.9. The molecule has 14 heteroatoms. The molecule has 5 unspecified atom stereocenters. The molecule has 0 spiro atoms. The average Bonchev–Trinajstić information content (AvgIpc) is 2.84. The lowest BCUT2D eigenvalue weighted by molar-refractivity contribution is -0.143. The van der Waals surface area contributed by atoms with Crippen molar-refractivity contribution < 1.29 is 44.1 Å². The third-order valence-corrected chi connectivity index (χ3v) is 5.82. The van der Waals surface area contributed by atoms with Crippen molar-refractivity contribution in [1.82, 2.24) is 16.0 Å². The molecule has 10 N–H and O–H groups in total. The van der Waals surface area contributed by atoms with Crippen LogP contribution >= 0.6 is 0 Å². The van der Waals surface area contributed by atoms with Crippen LogP contribution in [0.3, 0.4) is 0 Å². The second-order valence-corrected chi connectivity index (χ2v) is 8.91. The summed E-state index contributed by atoms with van der Waals surface area (Å²) in [5.74, 6) is -6.47. The normalized spacial score (nSPS) is 14.7. The van der Waals surface area contributed by atoms with Crippen LogP contribution < -0.4 is 27.4 Å². The summed E-state index contributed by atoms with van der Waals surface area (Å²) < 4.78 is 0. The van der Waals surface area contributed by atoms with Gasteiger partial charge in [-0.15, -0.1) is 0 Å². The molecule has 0 fully saturated rings. The molecule has 14 nitrogen and oxygen atoms in total. The van der Waals surface area contributed by atoms with Crippen molar-refractivity contribution >= 4 is 35.6 Å². The molecular formula is C24H35N5O9. The van der Waals surface area contributed by atoms with E-state index in [9.17, 15) is 39.0 Å². The SMILES string of the molecule is CCC(C)C(NC(=O)C(Cc1ccc(O)cc1)NC(=O)C(N)CC(N)=O)C(=O)NC(CCC(=O)O)C(=O)O. The van der Waals surface area contributed by atoms with E-state index >= 15 is 0 Å². The minimum Gasteiger partial charge on any atom is -0.508 e. The highest BCUT2D eigenvalue weighted by molar-refractivity contribution is 5.95. The summed E-state index contributed by atoms with van der Waals surface area (Å²) in [7, 11) is 0. The Bertz CT molecular complexity index is 1020. The largest absolute Gasteiger partial charge is 0.508 e. The Labute approximate surface area is 219 Å². The van der Waals surface area contributed by atoms with Crippen molar-refractivity contribution in [1.29, 1.82) is 0 Å². The lowest BCUT2D eigenvalue weighted by Gasteiger charge is -2.28. The van der Waals surface area contributed by atoms with Gasteiger partial charge < -0.3 is 42.7 Å². The number of phenols is 1. The van der Waals surface area contributed by atoms with Gasteiger partial charge in [-0.3, -0.25) is 24.0 Å². The second kappa shape index (κ2) is 15.1. The number of carbonyl (C=O) groups excluding carboxylic acids is 4. The molecular weight excluding hydrogens is 502 g/mol. The number of benzene rings is 1. The highest BCUT2D eigenvalue weighted by Crippen LogP contribution is 2.14. The van der Waals surface area contributed by atoms with E-state index in [1.54, 1.807) is 13.8 Å². The molecule has 1 aromatic carbocycles. The van der Waals surface area contributed by atoms with E-state index in [1.165, 1.54) is 24.3 Å². The topological polar surface area (TPSA) is 251 Å². The van der Waals surface area contributed by atoms with E-state index in [0.717, 1.165) is 0 Å². The first-order valence-corrected chi connectivity index (χ1v) is 11.9. The molecule has 0 aromatic heterocycles. The number of aliphatic carboxylic acids is 2. The van der Waals surface area contributed by atoms with E-state index < -0.39 is 78.5 Å². The minimum atomic E-state index is -1.50. The predicted molar refractivity (Wildman–Crippen MR) is 133 cm³/mol. The molecule has 0 aliphatic heterocycles. The van der Waals surface area contributed by atoms with Gasteiger partial charge in [0, 0.05) is 12.8 Å². The molecule has 0 saturated carbocycles. The third-order valence-electron chi connectivity index (χ3n) is 5.82. The second-order valence-electron chi connectivity index (χ2n) is 8.91. The Morgan fingerprint density at radius 2 is 1.47 bits per heavy atom. The smallest absolute Gasteiger partial charge is 0.326 e. The Balaban J connectivity index is 3.16. The first kappa shape index (κ1) is 31.8. The summed E-state index contributed by atoms with van der Waals surface area (Å²) in [6.45, 7) is 3.39. The van der Waals surface area contributed by atoms with E-state index in [-0.39, 0.29) is 18.6 Å². The third kappa shape index (κ3) is 10.8. The van der Waals surface area contributed by atoms with Gasteiger partial charge in [-0.05, 0) is 30.0 Å². The van der Waals surface area contributed by atoms with Crippen LogP contribution in [0.1, 0.15) is 45.1 Å². The van der Waals surface area contributed by atoms with Gasteiger partial charge in [0.05, 0.1) is 12.5 Å². The zero-order valence-corrected chi connectivity index (χ0v) is 21.2. The van der Waals surface area contributed by atoms with Crippen molar-refractivity contribution in [2.24, 2.45) is 17.4 Å². The molecule has 5 atom stereocenters. The van der Waals surface area contributed by atoms with Crippen LogP contribution in [0.25, 0.3) is 0 Å². The quantitative estimate of drug-likeness (QED) is 0.122. The highest BCUT2D eigenvalue weighted by atomic mass is 16.4. The molecule has 0 aliphatic carbocycles. The molecule has 0 aliphatic rings. The molecule has 4 amide bonds. The summed E-state index contributed by atoms with van der Waals surface area (Å²) >= 11 is 0. The first-order chi connectivity index (χ1) is 17.7. The van der Waals surface area contributed by atoms with E-state index in [4.69, 9.17) is 16.6 Å². The van der Waals surface area contributed by atoms with Crippen LogP contribution in [0.15, 0.2) is 24.3 Å². The van der Waals surface area contributed by atoms with Gasteiger partial charge in [-0.25, -0.2) is 4.79 Å². The molecule has 38 heavy (non-hydrogen) atoms. The lowest BCUT2D eigenvalue weighted by Crippen LogP contribution is -2.59. The molecule has 1 aromatic rings. The summed E-state index contributed by atoms with van der Waals surface area (Å²) in [5.41, 5.74) is 11.3. The number of carboxylic acids is 2. The molecule has 0 saturated heterocycles. The van der Waals surface area contributed by atoms with Crippen molar-refractivity contribution in [2.45, 2.75) is 70.1 Å².